The van der Waals surface area contributed by atoms with Gasteiger partial charge in [-0.25, -0.2) is 4.57 Å². The first-order chi connectivity index (χ1) is 4.25. The number of rotatable bonds is 1. The van der Waals surface area contributed by atoms with Crippen molar-refractivity contribution in [1.82, 2.24) is 4.68 Å². The van der Waals surface area contributed by atoms with Crippen molar-refractivity contribution >= 4 is 12.4 Å². The van der Waals surface area contributed by atoms with Gasteiger partial charge in [-0.15, -0.1) is 17.1 Å². The van der Waals surface area contributed by atoms with E-state index in [4.69, 9.17) is 5.84 Å². The summed E-state index contributed by atoms with van der Waals surface area (Å²) in [6.45, 7) is 5.06. The Labute approximate surface area is 79.0 Å². The molecule has 0 aromatic carbocycles. The minimum atomic E-state index is 0. The highest BCUT2D eigenvalue weighted by Crippen LogP contribution is 1.83. The lowest BCUT2D eigenvalue weighted by Gasteiger charge is -1.89. The van der Waals surface area contributed by atoms with Crippen LogP contribution in [0.4, 0.5) is 0 Å². The third kappa shape index (κ3) is 2.60. The molecule has 0 spiro atoms. The number of nitrogen functional groups attached to an aromatic ring is 1. The van der Waals surface area contributed by atoms with Gasteiger partial charge in [-0.2, -0.15) is 0 Å². The van der Waals surface area contributed by atoms with Crippen LogP contribution in [0.2, 0.25) is 0 Å². The fraction of sp³-hybridized carbons (Fsp3) is 0.500. The largest absolute Gasteiger partial charge is 1.00 e. The van der Waals surface area contributed by atoms with Crippen LogP contribution < -0.4 is 22.8 Å². The van der Waals surface area contributed by atoms with Crippen LogP contribution in [0.5, 0.6) is 0 Å². The summed E-state index contributed by atoms with van der Waals surface area (Å²) in [5.74, 6) is 6.59. The molecule has 0 radical (unpaired) electrons. The third-order valence-electron chi connectivity index (χ3n) is 1.54. The standard InChI is InChI=1S/C6H12N3.2ClH/c1-3-8-4-5-9(7)6(8)2;;/h4-5H,3,7H2,1-2H3;2*1H/q+1;;/p-1. The number of hydrogen-bond donors (Lipinski definition) is 1. The van der Waals surface area contributed by atoms with Crippen molar-refractivity contribution < 1.29 is 17.0 Å². The maximum absolute atomic E-state index is 5.51. The molecule has 0 unspecified atom stereocenters. The first-order valence-electron chi connectivity index (χ1n) is 3.08. The van der Waals surface area contributed by atoms with Gasteiger partial charge in [-0.1, -0.05) is 0 Å². The molecule has 1 aromatic heterocycles. The van der Waals surface area contributed by atoms with E-state index >= 15 is 0 Å². The highest BCUT2D eigenvalue weighted by atomic mass is 35.5. The molecule has 0 saturated heterocycles. The van der Waals surface area contributed by atoms with Gasteiger partial charge in [0.05, 0.1) is 6.54 Å². The predicted octanol–water partition coefficient (Wildman–Crippen LogP) is -2.76. The Balaban J connectivity index is 0. The Morgan fingerprint density at radius 2 is 2.18 bits per heavy atom. The van der Waals surface area contributed by atoms with E-state index in [9.17, 15) is 0 Å². The van der Waals surface area contributed by atoms with Gasteiger partial charge in [-0.3, -0.25) is 5.84 Å². The van der Waals surface area contributed by atoms with Crippen molar-refractivity contribution in [1.29, 1.82) is 0 Å². The summed E-state index contributed by atoms with van der Waals surface area (Å²) >= 11 is 0. The number of nitrogens with zero attached hydrogens (tertiary/aromatic N) is 2. The average molecular weight is 198 g/mol. The summed E-state index contributed by atoms with van der Waals surface area (Å²) < 4.78 is 3.70. The van der Waals surface area contributed by atoms with Gasteiger partial charge in [-0.05, 0) is 6.92 Å². The summed E-state index contributed by atoms with van der Waals surface area (Å²) in [7, 11) is 0. The second kappa shape index (κ2) is 5.27. The molecule has 2 N–H and O–H groups in total. The van der Waals surface area contributed by atoms with Crippen LogP contribution in [0.25, 0.3) is 0 Å². The molecule has 5 heteroatoms. The first-order valence-corrected chi connectivity index (χ1v) is 3.08. The van der Waals surface area contributed by atoms with E-state index in [1.54, 1.807) is 4.68 Å². The van der Waals surface area contributed by atoms with Gasteiger partial charge in [0, 0.05) is 6.92 Å². The zero-order chi connectivity index (χ0) is 6.85. The highest BCUT2D eigenvalue weighted by Gasteiger charge is 2.05. The van der Waals surface area contributed by atoms with E-state index in [0.29, 0.717) is 0 Å². The van der Waals surface area contributed by atoms with Crippen molar-refractivity contribution in [2.24, 2.45) is 0 Å². The van der Waals surface area contributed by atoms with Gasteiger partial charge in [0.1, 0.15) is 6.20 Å². The van der Waals surface area contributed by atoms with Crippen LogP contribution in [-0.4, -0.2) is 4.68 Å². The van der Waals surface area contributed by atoms with Gasteiger partial charge in [0.2, 0.25) is 0 Å². The molecule has 1 heterocycles. The molecule has 0 saturated carbocycles. The predicted molar refractivity (Wildman–Crippen MR) is 42.4 cm³/mol. The smallest absolute Gasteiger partial charge is 0.276 e. The minimum Gasteiger partial charge on any atom is -1.00 e. The summed E-state index contributed by atoms with van der Waals surface area (Å²) in [6, 6.07) is 0. The molecule has 0 atom stereocenters. The summed E-state index contributed by atoms with van der Waals surface area (Å²) in [5.41, 5.74) is 0. The average Bonchev–Trinajstić information content (AvgIpc) is 2.15. The summed E-state index contributed by atoms with van der Waals surface area (Å²) in [4.78, 5) is 0. The van der Waals surface area contributed by atoms with E-state index in [0.717, 1.165) is 12.4 Å². The Hall–Kier alpha value is -0.410. The fourth-order valence-electron chi connectivity index (χ4n) is 0.851. The maximum atomic E-state index is 5.51. The van der Waals surface area contributed by atoms with Crippen molar-refractivity contribution in [3.05, 3.63) is 18.2 Å². The minimum absolute atomic E-state index is 0. The van der Waals surface area contributed by atoms with E-state index < -0.39 is 0 Å². The number of halogens is 2. The van der Waals surface area contributed by atoms with Crippen molar-refractivity contribution in [2.45, 2.75) is 20.4 Å². The molecule has 1 rings (SSSR count). The topological polar surface area (TPSA) is 34.8 Å². The van der Waals surface area contributed by atoms with Gasteiger partial charge < -0.3 is 12.4 Å². The number of hydrogen-bond acceptors (Lipinski definition) is 1. The zero-order valence-corrected chi connectivity index (χ0v) is 8.19. The van der Waals surface area contributed by atoms with Crippen LogP contribution in [0.1, 0.15) is 12.7 Å². The molecule has 3 nitrogen and oxygen atoms in total. The molecular weight excluding hydrogens is 185 g/mol. The number of nitrogens with two attached hydrogens (primary N) is 1. The van der Waals surface area contributed by atoms with Gasteiger partial charge in [0.15, 0.2) is 6.20 Å². The van der Waals surface area contributed by atoms with Gasteiger partial charge >= 0.3 is 0 Å². The van der Waals surface area contributed by atoms with Crippen molar-refractivity contribution in [2.75, 3.05) is 5.84 Å². The number of aryl methyl sites for hydroxylation is 1. The van der Waals surface area contributed by atoms with E-state index in [1.165, 1.54) is 0 Å². The van der Waals surface area contributed by atoms with Crippen molar-refractivity contribution in [3.8, 4) is 0 Å². The summed E-state index contributed by atoms with van der Waals surface area (Å²) in [5, 5.41) is 0. The molecule has 0 bridgehead atoms. The van der Waals surface area contributed by atoms with Gasteiger partial charge in [0.25, 0.3) is 5.82 Å². The van der Waals surface area contributed by atoms with E-state index in [-0.39, 0.29) is 24.8 Å². The quantitative estimate of drug-likeness (QED) is 0.385. The third-order valence-corrected chi connectivity index (χ3v) is 1.54. The number of aromatic nitrogens is 2. The second-order valence-corrected chi connectivity index (χ2v) is 2.04. The monoisotopic (exact) mass is 197 g/mol. The molecule has 0 amide bonds. The van der Waals surface area contributed by atoms with Crippen LogP contribution in [0.3, 0.4) is 0 Å². The Morgan fingerprint density at radius 1 is 1.64 bits per heavy atom. The Morgan fingerprint density at radius 3 is 2.36 bits per heavy atom. The molecule has 0 aliphatic rings. The molecule has 0 aliphatic heterocycles. The lowest BCUT2D eigenvalue weighted by Crippen LogP contribution is -3.00. The highest BCUT2D eigenvalue weighted by molar-refractivity contribution is 5.85. The van der Waals surface area contributed by atoms with Crippen LogP contribution in [-0.2, 0) is 6.54 Å². The summed E-state index contributed by atoms with van der Waals surface area (Å²) in [6.07, 6.45) is 3.81. The first kappa shape index (κ1) is 13.2. The van der Waals surface area contributed by atoms with Crippen molar-refractivity contribution in [3.63, 3.8) is 0 Å². The van der Waals surface area contributed by atoms with E-state index in [2.05, 4.69) is 11.5 Å². The SMILES string of the molecule is CC[n+]1ccn(N)c1C.Cl.[Cl-]. The molecule has 0 fully saturated rings. The fourth-order valence-corrected chi connectivity index (χ4v) is 0.851. The maximum Gasteiger partial charge on any atom is 0.276 e. The van der Waals surface area contributed by atoms with Crippen LogP contribution in [0.15, 0.2) is 12.4 Å². The lowest BCUT2D eigenvalue weighted by atomic mass is 10.6. The number of imidazole rings is 1. The van der Waals surface area contributed by atoms with Crippen LogP contribution in [0, 0.1) is 6.92 Å². The van der Waals surface area contributed by atoms with E-state index in [1.807, 2.05) is 19.3 Å². The Kier molecular flexibility index (Phi) is 6.32. The Bertz CT molecular complexity index is 210. The second-order valence-electron chi connectivity index (χ2n) is 2.04. The molecule has 1 aromatic rings. The van der Waals surface area contributed by atoms with Crippen LogP contribution >= 0.6 is 12.4 Å². The zero-order valence-electron chi connectivity index (χ0n) is 6.62. The lowest BCUT2D eigenvalue weighted by molar-refractivity contribution is -0.698. The molecular formula is C6H13Cl2N3. The molecule has 66 valence electrons. The molecule has 0 aliphatic carbocycles. The normalized spacial score (nSPS) is 8.18. The molecule has 11 heavy (non-hydrogen) atoms.